The molecule has 1 heterocycles. The molecule has 0 saturated carbocycles. The lowest BCUT2D eigenvalue weighted by atomic mass is 9.85. The molecule has 0 aromatic rings. The third-order valence-electron chi connectivity index (χ3n) is 3.33. The van der Waals surface area contributed by atoms with Crippen molar-refractivity contribution in [1.82, 2.24) is 0 Å². The Morgan fingerprint density at radius 3 is 1.88 bits per heavy atom. The van der Waals surface area contributed by atoms with Gasteiger partial charge in [0.25, 0.3) is 0 Å². The van der Waals surface area contributed by atoms with Gasteiger partial charge in [0, 0.05) is 28.4 Å². The highest BCUT2D eigenvalue weighted by molar-refractivity contribution is 5.00. The maximum absolute atomic E-state index is 5.69. The monoisotopic (exact) mass is 234 g/mol. The van der Waals surface area contributed by atoms with E-state index in [1.54, 1.807) is 28.4 Å². The molecule has 0 bridgehead atoms. The minimum Gasteiger partial charge on any atom is -0.376 e. The summed E-state index contributed by atoms with van der Waals surface area (Å²) in [6, 6.07) is 0. The Balaban J connectivity index is 3.00. The Kier molecular flexibility index (Phi) is 4.70. The summed E-state index contributed by atoms with van der Waals surface area (Å²) in [4.78, 5) is 0. The Morgan fingerprint density at radius 2 is 1.50 bits per heavy atom. The molecule has 0 N–H and O–H groups in total. The summed E-state index contributed by atoms with van der Waals surface area (Å²) in [6.07, 6.45) is -1.10. The Hall–Kier alpha value is -0.200. The molecule has 96 valence electrons. The van der Waals surface area contributed by atoms with Gasteiger partial charge in [-0.05, 0) is 13.8 Å². The maximum atomic E-state index is 5.69. The quantitative estimate of drug-likeness (QED) is 0.720. The average molecular weight is 234 g/mol. The SMILES string of the molecule is CO[C@@H]1O[C@@H](C)[C@@H](OC)[C@@](C)(OC)[C@H]1OC. The van der Waals surface area contributed by atoms with E-state index in [1.165, 1.54) is 0 Å². The zero-order valence-corrected chi connectivity index (χ0v) is 10.9. The van der Waals surface area contributed by atoms with Gasteiger partial charge in [-0.3, -0.25) is 0 Å². The molecule has 1 fully saturated rings. The Bertz CT molecular complexity index is 222. The molecular formula is C11H22O5. The molecule has 1 rings (SSSR count). The van der Waals surface area contributed by atoms with Crippen LogP contribution in [0.15, 0.2) is 0 Å². The van der Waals surface area contributed by atoms with Crippen molar-refractivity contribution in [1.29, 1.82) is 0 Å². The molecule has 5 heteroatoms. The van der Waals surface area contributed by atoms with Crippen LogP contribution in [0.1, 0.15) is 13.8 Å². The molecule has 1 aliphatic heterocycles. The zero-order chi connectivity index (χ0) is 12.3. The lowest BCUT2D eigenvalue weighted by molar-refractivity contribution is -0.329. The van der Waals surface area contributed by atoms with Crippen LogP contribution in [0.5, 0.6) is 0 Å². The van der Waals surface area contributed by atoms with Crippen LogP contribution in [0.2, 0.25) is 0 Å². The first-order valence-corrected chi connectivity index (χ1v) is 5.34. The van der Waals surface area contributed by atoms with E-state index in [-0.39, 0.29) is 18.3 Å². The highest BCUT2D eigenvalue weighted by atomic mass is 16.7. The van der Waals surface area contributed by atoms with Gasteiger partial charge in [-0.2, -0.15) is 0 Å². The number of hydrogen-bond acceptors (Lipinski definition) is 5. The predicted octanol–water partition coefficient (Wildman–Crippen LogP) is 0.813. The molecule has 0 aromatic carbocycles. The van der Waals surface area contributed by atoms with Crippen molar-refractivity contribution in [2.75, 3.05) is 28.4 Å². The van der Waals surface area contributed by atoms with Crippen LogP contribution < -0.4 is 0 Å². The number of rotatable bonds is 4. The first-order chi connectivity index (χ1) is 7.54. The normalized spacial score (nSPS) is 44.6. The van der Waals surface area contributed by atoms with Gasteiger partial charge < -0.3 is 23.7 Å². The van der Waals surface area contributed by atoms with Gasteiger partial charge in [0.15, 0.2) is 6.29 Å². The molecule has 0 amide bonds. The standard InChI is InChI=1S/C11H22O5/c1-7-8(12-3)11(2,15-6)9(13-4)10(14-5)16-7/h7-10H,1-6H3/t7-,8+,9-,10+,11+/m0/s1. The van der Waals surface area contributed by atoms with Gasteiger partial charge in [-0.15, -0.1) is 0 Å². The van der Waals surface area contributed by atoms with E-state index in [0.29, 0.717) is 0 Å². The van der Waals surface area contributed by atoms with Crippen LogP contribution in [0, 0.1) is 0 Å². The van der Waals surface area contributed by atoms with Crippen LogP contribution in [0.4, 0.5) is 0 Å². The third kappa shape index (κ3) is 2.10. The van der Waals surface area contributed by atoms with Crippen molar-refractivity contribution >= 4 is 0 Å². The topological polar surface area (TPSA) is 46.2 Å². The van der Waals surface area contributed by atoms with E-state index in [1.807, 2.05) is 13.8 Å². The van der Waals surface area contributed by atoms with Crippen molar-refractivity contribution in [2.24, 2.45) is 0 Å². The summed E-state index contributed by atoms with van der Waals surface area (Å²) >= 11 is 0. The second kappa shape index (κ2) is 5.42. The summed E-state index contributed by atoms with van der Waals surface area (Å²) in [5, 5.41) is 0. The van der Waals surface area contributed by atoms with Crippen LogP contribution in [-0.2, 0) is 23.7 Å². The van der Waals surface area contributed by atoms with Crippen molar-refractivity contribution in [2.45, 2.75) is 44.1 Å². The number of ether oxygens (including phenoxy) is 5. The third-order valence-corrected chi connectivity index (χ3v) is 3.33. The fourth-order valence-corrected chi connectivity index (χ4v) is 2.43. The Morgan fingerprint density at radius 1 is 0.938 bits per heavy atom. The molecule has 0 radical (unpaired) electrons. The first-order valence-electron chi connectivity index (χ1n) is 5.34. The van der Waals surface area contributed by atoms with Gasteiger partial charge in [0.1, 0.15) is 17.8 Å². The van der Waals surface area contributed by atoms with Crippen LogP contribution in [0.25, 0.3) is 0 Å². The van der Waals surface area contributed by atoms with Gasteiger partial charge in [-0.25, -0.2) is 0 Å². The van der Waals surface area contributed by atoms with Crippen molar-refractivity contribution in [3.8, 4) is 0 Å². The van der Waals surface area contributed by atoms with E-state index in [9.17, 15) is 0 Å². The minimum atomic E-state index is -0.595. The second-order valence-electron chi connectivity index (χ2n) is 4.15. The fraction of sp³-hybridized carbons (Fsp3) is 1.00. The molecule has 1 aliphatic rings. The van der Waals surface area contributed by atoms with E-state index < -0.39 is 11.9 Å². The van der Waals surface area contributed by atoms with Gasteiger partial charge in [-0.1, -0.05) is 0 Å². The summed E-state index contributed by atoms with van der Waals surface area (Å²) in [5.41, 5.74) is -0.595. The summed E-state index contributed by atoms with van der Waals surface area (Å²) in [7, 11) is 6.48. The lowest BCUT2D eigenvalue weighted by Gasteiger charge is -2.50. The molecule has 0 aliphatic carbocycles. The van der Waals surface area contributed by atoms with E-state index in [2.05, 4.69) is 0 Å². The van der Waals surface area contributed by atoms with Crippen molar-refractivity contribution in [3.05, 3.63) is 0 Å². The van der Waals surface area contributed by atoms with Crippen molar-refractivity contribution < 1.29 is 23.7 Å². The van der Waals surface area contributed by atoms with E-state index >= 15 is 0 Å². The molecule has 5 nitrogen and oxygen atoms in total. The number of methoxy groups -OCH3 is 4. The maximum Gasteiger partial charge on any atom is 0.186 e. The molecule has 0 aromatic heterocycles. The number of hydrogen-bond donors (Lipinski definition) is 0. The second-order valence-corrected chi connectivity index (χ2v) is 4.15. The zero-order valence-electron chi connectivity index (χ0n) is 10.9. The minimum absolute atomic E-state index is 0.119. The van der Waals surface area contributed by atoms with Crippen LogP contribution in [-0.4, -0.2) is 58.6 Å². The summed E-state index contributed by atoms with van der Waals surface area (Å²) in [5.74, 6) is 0. The fourth-order valence-electron chi connectivity index (χ4n) is 2.43. The molecule has 0 spiro atoms. The van der Waals surface area contributed by atoms with Gasteiger partial charge >= 0.3 is 0 Å². The molecule has 5 atom stereocenters. The molecule has 0 unspecified atom stereocenters. The lowest BCUT2D eigenvalue weighted by Crippen LogP contribution is -2.66. The summed E-state index contributed by atoms with van der Waals surface area (Å²) < 4.78 is 27.4. The highest BCUT2D eigenvalue weighted by Crippen LogP contribution is 2.35. The van der Waals surface area contributed by atoms with E-state index in [0.717, 1.165) is 0 Å². The Labute approximate surface area is 97.0 Å². The summed E-state index contributed by atoms with van der Waals surface area (Å²) in [6.45, 7) is 3.88. The molecule has 1 saturated heterocycles. The predicted molar refractivity (Wildman–Crippen MR) is 58.4 cm³/mol. The van der Waals surface area contributed by atoms with Gasteiger partial charge in [0.2, 0.25) is 0 Å². The largest absolute Gasteiger partial charge is 0.376 e. The van der Waals surface area contributed by atoms with Crippen LogP contribution >= 0.6 is 0 Å². The highest BCUT2D eigenvalue weighted by Gasteiger charge is 2.54. The average Bonchev–Trinajstić information content (AvgIpc) is 2.28. The van der Waals surface area contributed by atoms with Crippen molar-refractivity contribution in [3.63, 3.8) is 0 Å². The van der Waals surface area contributed by atoms with E-state index in [4.69, 9.17) is 23.7 Å². The van der Waals surface area contributed by atoms with Crippen LogP contribution in [0.3, 0.4) is 0 Å². The molecule has 16 heavy (non-hydrogen) atoms. The van der Waals surface area contributed by atoms with Gasteiger partial charge in [0.05, 0.1) is 6.10 Å². The molecular weight excluding hydrogens is 212 g/mol. The smallest absolute Gasteiger partial charge is 0.186 e. The first kappa shape index (κ1) is 13.9.